The van der Waals surface area contributed by atoms with Gasteiger partial charge in [-0.3, -0.25) is 0 Å². The minimum absolute atomic E-state index is 0.787. The number of halogens is 1. The second-order valence-electron chi connectivity index (χ2n) is 4.01. The lowest BCUT2D eigenvalue weighted by Gasteiger charge is -2.08. The standard InChI is InChI=1S/C9H11BrO.C5H11N/c10-7-4-8-11-9-5-2-1-3-6-9;1-2-4-6-5-3-1/h1-3,5-6H,4,7-8H2;6H,1-5H2. The lowest BCUT2D eigenvalue weighted by atomic mass is 10.2. The summed E-state index contributed by atoms with van der Waals surface area (Å²) >= 11 is 3.34. The van der Waals surface area contributed by atoms with Gasteiger partial charge in [0.2, 0.25) is 0 Å². The Kier molecular flexibility index (Phi) is 9.06. The van der Waals surface area contributed by atoms with Gasteiger partial charge in [-0.2, -0.15) is 0 Å². The molecule has 2 rings (SSSR count). The first kappa shape index (κ1) is 14.5. The van der Waals surface area contributed by atoms with E-state index in [1.165, 1.54) is 32.4 Å². The fourth-order valence-corrected chi connectivity index (χ4v) is 1.79. The van der Waals surface area contributed by atoms with Crippen molar-refractivity contribution in [2.75, 3.05) is 25.0 Å². The molecule has 0 atom stereocenters. The molecule has 1 fully saturated rings. The molecule has 17 heavy (non-hydrogen) atoms. The summed E-state index contributed by atoms with van der Waals surface area (Å²) in [6, 6.07) is 9.87. The van der Waals surface area contributed by atoms with Gasteiger partial charge in [0.25, 0.3) is 0 Å². The van der Waals surface area contributed by atoms with Gasteiger partial charge in [0.05, 0.1) is 6.61 Å². The number of rotatable bonds is 4. The molecule has 0 aliphatic carbocycles. The Morgan fingerprint density at radius 1 is 1.06 bits per heavy atom. The fraction of sp³-hybridized carbons (Fsp3) is 0.571. The Balaban J connectivity index is 0.000000202. The smallest absolute Gasteiger partial charge is 0.119 e. The maximum atomic E-state index is 5.42. The van der Waals surface area contributed by atoms with Gasteiger partial charge in [0.1, 0.15) is 5.75 Å². The average Bonchev–Trinajstić information content (AvgIpc) is 2.43. The lowest BCUT2D eigenvalue weighted by molar-refractivity contribution is 0.319. The van der Waals surface area contributed by atoms with E-state index in [1.807, 2.05) is 30.3 Å². The maximum absolute atomic E-state index is 5.42. The Morgan fingerprint density at radius 2 is 1.76 bits per heavy atom. The molecular weight excluding hydrogens is 278 g/mol. The van der Waals surface area contributed by atoms with Crippen molar-refractivity contribution < 1.29 is 4.74 Å². The summed E-state index contributed by atoms with van der Waals surface area (Å²) in [5, 5.41) is 4.28. The minimum Gasteiger partial charge on any atom is -0.494 e. The first-order valence-corrected chi connectivity index (χ1v) is 7.50. The van der Waals surface area contributed by atoms with Crippen LogP contribution in [0, 0.1) is 0 Å². The van der Waals surface area contributed by atoms with Crippen molar-refractivity contribution in [3.63, 3.8) is 0 Å². The van der Waals surface area contributed by atoms with Crippen molar-refractivity contribution >= 4 is 15.9 Å². The zero-order valence-electron chi connectivity index (χ0n) is 10.3. The number of hydrogen-bond acceptors (Lipinski definition) is 2. The van der Waals surface area contributed by atoms with Crippen LogP contribution in [0.1, 0.15) is 25.7 Å². The van der Waals surface area contributed by atoms with E-state index in [0.29, 0.717) is 0 Å². The van der Waals surface area contributed by atoms with Gasteiger partial charge in [-0.15, -0.1) is 0 Å². The third-order valence-electron chi connectivity index (χ3n) is 2.50. The molecule has 1 aromatic carbocycles. The lowest BCUT2D eigenvalue weighted by Crippen LogP contribution is -2.21. The molecule has 2 nitrogen and oxygen atoms in total. The molecule has 1 aliphatic rings. The van der Waals surface area contributed by atoms with E-state index < -0.39 is 0 Å². The van der Waals surface area contributed by atoms with Crippen molar-refractivity contribution in [1.29, 1.82) is 0 Å². The molecule has 0 amide bonds. The molecule has 1 aliphatic heterocycles. The molecule has 0 radical (unpaired) electrons. The molecular formula is C14H22BrNO. The number of nitrogens with one attached hydrogen (secondary N) is 1. The highest BCUT2D eigenvalue weighted by Crippen LogP contribution is 2.08. The monoisotopic (exact) mass is 299 g/mol. The van der Waals surface area contributed by atoms with Gasteiger partial charge < -0.3 is 10.1 Å². The predicted molar refractivity (Wildman–Crippen MR) is 77.1 cm³/mol. The van der Waals surface area contributed by atoms with E-state index in [0.717, 1.165) is 24.1 Å². The first-order valence-electron chi connectivity index (χ1n) is 6.38. The van der Waals surface area contributed by atoms with E-state index in [2.05, 4.69) is 21.2 Å². The average molecular weight is 300 g/mol. The topological polar surface area (TPSA) is 21.3 Å². The third-order valence-corrected chi connectivity index (χ3v) is 3.06. The number of ether oxygens (including phenoxy) is 1. The summed E-state index contributed by atoms with van der Waals surface area (Å²) in [4.78, 5) is 0. The van der Waals surface area contributed by atoms with Crippen LogP contribution in [0.15, 0.2) is 30.3 Å². The van der Waals surface area contributed by atoms with Crippen molar-refractivity contribution in [1.82, 2.24) is 5.32 Å². The number of para-hydroxylation sites is 1. The summed E-state index contributed by atoms with van der Waals surface area (Å²) in [5.74, 6) is 0.952. The van der Waals surface area contributed by atoms with Crippen LogP contribution in [0.3, 0.4) is 0 Å². The van der Waals surface area contributed by atoms with Crippen molar-refractivity contribution in [3.8, 4) is 5.75 Å². The van der Waals surface area contributed by atoms with Crippen LogP contribution in [0.25, 0.3) is 0 Å². The second-order valence-corrected chi connectivity index (χ2v) is 4.81. The van der Waals surface area contributed by atoms with Gasteiger partial charge >= 0.3 is 0 Å². The molecule has 0 spiro atoms. The molecule has 1 N–H and O–H groups in total. The van der Waals surface area contributed by atoms with Crippen LogP contribution in [0.4, 0.5) is 0 Å². The van der Waals surface area contributed by atoms with E-state index in [4.69, 9.17) is 4.74 Å². The summed E-state index contributed by atoms with van der Waals surface area (Å²) in [7, 11) is 0. The highest BCUT2D eigenvalue weighted by molar-refractivity contribution is 9.09. The van der Waals surface area contributed by atoms with Gasteiger partial charge in [-0.25, -0.2) is 0 Å². The van der Waals surface area contributed by atoms with Gasteiger partial charge in [-0.1, -0.05) is 40.5 Å². The molecule has 0 unspecified atom stereocenters. The van der Waals surface area contributed by atoms with Crippen LogP contribution in [0.5, 0.6) is 5.75 Å². The molecule has 96 valence electrons. The van der Waals surface area contributed by atoms with Gasteiger partial charge in [0.15, 0.2) is 0 Å². The van der Waals surface area contributed by atoms with E-state index in [1.54, 1.807) is 0 Å². The van der Waals surface area contributed by atoms with Crippen molar-refractivity contribution in [2.45, 2.75) is 25.7 Å². The highest BCUT2D eigenvalue weighted by Gasteiger charge is 1.93. The van der Waals surface area contributed by atoms with Crippen LogP contribution in [-0.2, 0) is 0 Å². The summed E-state index contributed by atoms with van der Waals surface area (Å²) in [6.07, 6.45) is 5.27. The summed E-state index contributed by atoms with van der Waals surface area (Å²) in [5.41, 5.74) is 0. The SMILES string of the molecule is BrCCCOc1ccccc1.C1CCNCC1. The molecule has 3 heteroatoms. The molecule has 0 bridgehead atoms. The van der Waals surface area contributed by atoms with Crippen LogP contribution < -0.4 is 10.1 Å². The largest absolute Gasteiger partial charge is 0.494 e. The number of benzene rings is 1. The first-order chi connectivity index (χ1) is 8.43. The quantitative estimate of drug-likeness (QED) is 0.677. The fourth-order valence-electron chi connectivity index (χ4n) is 1.56. The van der Waals surface area contributed by atoms with Crippen LogP contribution in [-0.4, -0.2) is 25.0 Å². The van der Waals surface area contributed by atoms with E-state index in [9.17, 15) is 0 Å². The van der Waals surface area contributed by atoms with Crippen molar-refractivity contribution in [3.05, 3.63) is 30.3 Å². The molecule has 0 saturated carbocycles. The van der Waals surface area contributed by atoms with Gasteiger partial charge in [-0.05, 0) is 44.5 Å². The molecule has 0 aromatic heterocycles. The number of piperidine rings is 1. The minimum atomic E-state index is 0.787. The third kappa shape index (κ3) is 8.22. The Labute approximate surface area is 113 Å². The molecule has 1 aromatic rings. The Morgan fingerprint density at radius 3 is 2.24 bits per heavy atom. The van der Waals surface area contributed by atoms with Crippen LogP contribution >= 0.6 is 15.9 Å². The van der Waals surface area contributed by atoms with Gasteiger partial charge in [0, 0.05) is 5.33 Å². The molecule has 1 saturated heterocycles. The normalized spacial score (nSPS) is 14.6. The van der Waals surface area contributed by atoms with Crippen molar-refractivity contribution in [2.24, 2.45) is 0 Å². The number of alkyl halides is 1. The zero-order valence-corrected chi connectivity index (χ0v) is 11.9. The maximum Gasteiger partial charge on any atom is 0.119 e. The summed E-state index contributed by atoms with van der Waals surface area (Å²) in [6.45, 7) is 3.29. The second kappa shape index (κ2) is 10.6. The van der Waals surface area contributed by atoms with E-state index in [-0.39, 0.29) is 0 Å². The van der Waals surface area contributed by atoms with E-state index >= 15 is 0 Å². The predicted octanol–water partition coefficient (Wildman–Crippen LogP) is 3.61. The zero-order chi connectivity index (χ0) is 12.2. The number of hydrogen-bond donors (Lipinski definition) is 1. The Hall–Kier alpha value is -0.540. The molecule has 1 heterocycles. The Bertz CT molecular complexity index is 251. The van der Waals surface area contributed by atoms with Crippen LogP contribution in [0.2, 0.25) is 0 Å². The highest BCUT2D eigenvalue weighted by atomic mass is 79.9. The summed E-state index contributed by atoms with van der Waals surface area (Å²) < 4.78 is 5.42.